The molecular weight excluding hydrogens is 148 g/mol. The third-order valence-corrected chi connectivity index (χ3v) is 1.61. The van der Waals surface area contributed by atoms with E-state index in [0.29, 0.717) is 0 Å². The summed E-state index contributed by atoms with van der Waals surface area (Å²) in [7, 11) is 0. The van der Waals surface area contributed by atoms with Crippen molar-refractivity contribution in [2.45, 2.75) is 0 Å². The molecule has 1 radical (unpaired) electrons. The lowest BCUT2D eigenvalue weighted by Gasteiger charge is -1.80. The first-order valence-corrected chi connectivity index (χ1v) is 3.53. The zero-order chi connectivity index (χ0) is 6.81. The second-order valence-electron chi connectivity index (χ2n) is 1.68. The van der Waals surface area contributed by atoms with E-state index in [4.69, 9.17) is 0 Å². The van der Waals surface area contributed by atoms with Crippen LogP contribution in [0.25, 0.3) is 11.4 Å². The van der Waals surface area contributed by atoms with Crippen molar-refractivity contribution in [3.63, 3.8) is 0 Å². The molecule has 5 heteroatoms. The highest BCUT2D eigenvalue weighted by molar-refractivity contribution is 7.07. The minimum atomic E-state index is 0.762. The monoisotopic (exact) mass is 151 g/mol. The highest BCUT2D eigenvalue weighted by atomic mass is 32.1. The number of aromatic nitrogens is 4. The molecule has 2 aromatic heterocycles. The van der Waals surface area contributed by atoms with Gasteiger partial charge < -0.3 is 0 Å². The van der Waals surface area contributed by atoms with Crippen LogP contribution in [0.4, 0.5) is 0 Å². The van der Waals surface area contributed by atoms with Gasteiger partial charge in [-0.1, -0.05) is 5.21 Å². The Kier molecular flexibility index (Phi) is 1.21. The summed E-state index contributed by atoms with van der Waals surface area (Å²) in [5.41, 5.74) is 4.31. The number of hydrogen-bond acceptors (Lipinski definition) is 4. The fraction of sp³-hybridized carbons (Fsp3) is 0. The van der Waals surface area contributed by atoms with Crippen LogP contribution in [0.15, 0.2) is 11.6 Å². The average molecular weight is 151 g/mol. The van der Waals surface area contributed by atoms with Gasteiger partial charge in [0.15, 0.2) is 5.51 Å². The van der Waals surface area contributed by atoms with Gasteiger partial charge in [-0.05, 0) is 0 Å². The maximum atomic E-state index is 3.93. The summed E-state index contributed by atoms with van der Waals surface area (Å²) < 4.78 is 0. The largest absolute Gasteiger partial charge is 0.265 e. The van der Waals surface area contributed by atoms with Crippen LogP contribution >= 0.6 is 11.3 Å². The van der Waals surface area contributed by atoms with Gasteiger partial charge in [0.2, 0.25) is 0 Å². The van der Waals surface area contributed by atoms with Crippen LogP contribution in [-0.2, 0) is 0 Å². The van der Waals surface area contributed by atoms with Crippen molar-refractivity contribution in [3.05, 3.63) is 17.1 Å². The van der Waals surface area contributed by atoms with Crippen molar-refractivity contribution in [1.29, 1.82) is 0 Å². The van der Waals surface area contributed by atoms with Crippen molar-refractivity contribution in [3.8, 4) is 11.4 Å². The van der Waals surface area contributed by atoms with E-state index in [1.54, 1.807) is 6.20 Å². The SMILES string of the molecule is [c]1nc(-c2c[nH]nn2)cs1. The number of thiazole rings is 1. The van der Waals surface area contributed by atoms with E-state index in [0.717, 1.165) is 11.4 Å². The fourth-order valence-corrected chi connectivity index (χ4v) is 1.12. The Hall–Kier alpha value is -1.23. The number of hydrogen-bond donors (Lipinski definition) is 1. The van der Waals surface area contributed by atoms with Gasteiger partial charge in [0, 0.05) is 5.38 Å². The van der Waals surface area contributed by atoms with Gasteiger partial charge in [-0.3, -0.25) is 5.10 Å². The molecule has 0 atom stereocenters. The standard InChI is InChI=1S/C5H3N4S/c1-4(8-9-7-1)5-2-10-3-6-5/h1-2H,(H,7,8,9). The molecule has 0 unspecified atom stereocenters. The molecule has 1 N–H and O–H groups in total. The Morgan fingerprint density at radius 1 is 1.50 bits per heavy atom. The molecule has 0 spiro atoms. The smallest absolute Gasteiger partial charge is 0.152 e. The lowest BCUT2D eigenvalue weighted by atomic mass is 10.4. The molecule has 0 amide bonds. The predicted molar refractivity (Wildman–Crippen MR) is 36.3 cm³/mol. The first-order chi connectivity index (χ1) is 4.97. The maximum Gasteiger partial charge on any atom is 0.152 e. The second kappa shape index (κ2) is 2.18. The van der Waals surface area contributed by atoms with Crippen LogP contribution in [-0.4, -0.2) is 20.4 Å². The quantitative estimate of drug-likeness (QED) is 0.653. The maximum absolute atomic E-state index is 3.93. The highest BCUT2D eigenvalue weighted by Gasteiger charge is 2.00. The van der Waals surface area contributed by atoms with Crippen LogP contribution in [0, 0.1) is 5.51 Å². The van der Waals surface area contributed by atoms with E-state index in [-0.39, 0.29) is 0 Å². The van der Waals surface area contributed by atoms with E-state index in [1.165, 1.54) is 11.3 Å². The first kappa shape index (κ1) is 5.55. The minimum absolute atomic E-state index is 0.762. The van der Waals surface area contributed by atoms with Crippen molar-refractivity contribution in [1.82, 2.24) is 20.4 Å². The van der Waals surface area contributed by atoms with Crippen LogP contribution in [0.5, 0.6) is 0 Å². The summed E-state index contributed by atoms with van der Waals surface area (Å²) >= 11 is 1.42. The highest BCUT2D eigenvalue weighted by Crippen LogP contribution is 2.12. The molecule has 2 heterocycles. The van der Waals surface area contributed by atoms with Crippen molar-refractivity contribution in [2.75, 3.05) is 0 Å². The molecule has 49 valence electrons. The van der Waals surface area contributed by atoms with Gasteiger partial charge in [-0.2, -0.15) is 0 Å². The molecule has 0 saturated carbocycles. The summed E-state index contributed by atoms with van der Waals surface area (Å²) in [4.78, 5) is 3.93. The third-order valence-electron chi connectivity index (χ3n) is 1.07. The Bertz CT molecular complexity index is 253. The topological polar surface area (TPSA) is 54.5 Å². The molecule has 0 aliphatic heterocycles. The van der Waals surface area contributed by atoms with E-state index in [1.807, 2.05) is 5.38 Å². The molecule has 0 saturated heterocycles. The fourth-order valence-electron chi connectivity index (χ4n) is 0.628. The van der Waals surface area contributed by atoms with Gasteiger partial charge in [0.05, 0.1) is 6.20 Å². The average Bonchev–Trinajstić information content (AvgIpc) is 2.59. The number of rotatable bonds is 1. The number of aromatic amines is 1. The van der Waals surface area contributed by atoms with Crippen LogP contribution in [0.2, 0.25) is 0 Å². The molecule has 0 aliphatic carbocycles. The van der Waals surface area contributed by atoms with E-state index in [9.17, 15) is 0 Å². The van der Waals surface area contributed by atoms with Crippen molar-refractivity contribution in [2.24, 2.45) is 0 Å². The molecular formula is C5H3N4S. The first-order valence-electron chi connectivity index (χ1n) is 2.65. The predicted octanol–water partition coefficient (Wildman–Crippen LogP) is 0.728. The molecule has 0 fully saturated rings. The molecule has 0 bridgehead atoms. The second-order valence-corrected chi connectivity index (χ2v) is 2.34. The van der Waals surface area contributed by atoms with Crippen LogP contribution in [0.3, 0.4) is 0 Å². The zero-order valence-electron chi connectivity index (χ0n) is 4.90. The summed E-state index contributed by atoms with van der Waals surface area (Å²) in [6, 6.07) is 0. The molecule has 0 aliphatic rings. The molecule has 4 nitrogen and oxygen atoms in total. The Morgan fingerprint density at radius 3 is 3.10 bits per heavy atom. The van der Waals surface area contributed by atoms with Gasteiger partial charge >= 0.3 is 0 Å². The van der Waals surface area contributed by atoms with E-state index >= 15 is 0 Å². The van der Waals surface area contributed by atoms with Gasteiger partial charge in [0.1, 0.15) is 11.4 Å². The Labute approximate surface area is 60.9 Å². The number of nitrogens with zero attached hydrogens (tertiary/aromatic N) is 3. The van der Waals surface area contributed by atoms with Crippen LogP contribution < -0.4 is 0 Å². The van der Waals surface area contributed by atoms with Gasteiger partial charge in [-0.25, -0.2) is 4.98 Å². The summed E-state index contributed by atoms with van der Waals surface area (Å²) in [6.45, 7) is 0. The van der Waals surface area contributed by atoms with E-state index in [2.05, 4.69) is 25.9 Å². The molecule has 10 heavy (non-hydrogen) atoms. The normalized spacial score (nSPS) is 10.0. The lowest BCUT2D eigenvalue weighted by molar-refractivity contribution is 0.941. The summed E-state index contributed by atoms with van der Waals surface area (Å²) in [5, 5.41) is 11.8. The molecule has 2 aromatic rings. The minimum Gasteiger partial charge on any atom is -0.265 e. The third kappa shape index (κ3) is 0.801. The van der Waals surface area contributed by atoms with E-state index < -0.39 is 0 Å². The van der Waals surface area contributed by atoms with Crippen molar-refractivity contribution >= 4 is 11.3 Å². The lowest BCUT2D eigenvalue weighted by Crippen LogP contribution is -1.75. The number of H-pyrrole nitrogens is 1. The van der Waals surface area contributed by atoms with Gasteiger partial charge in [0.25, 0.3) is 0 Å². The van der Waals surface area contributed by atoms with Crippen molar-refractivity contribution < 1.29 is 0 Å². The zero-order valence-corrected chi connectivity index (χ0v) is 5.72. The Morgan fingerprint density at radius 2 is 2.50 bits per heavy atom. The van der Waals surface area contributed by atoms with Gasteiger partial charge in [-0.15, -0.1) is 16.4 Å². The molecule has 0 aromatic carbocycles. The number of nitrogens with one attached hydrogen (secondary N) is 1. The summed E-state index contributed by atoms with van der Waals surface area (Å²) in [5.74, 6) is 0. The van der Waals surface area contributed by atoms with Crippen LogP contribution in [0.1, 0.15) is 0 Å². The molecule has 2 rings (SSSR count). The summed E-state index contributed by atoms with van der Waals surface area (Å²) in [6.07, 6.45) is 1.70. The Balaban J connectivity index is 2.48.